The summed E-state index contributed by atoms with van der Waals surface area (Å²) in [6.07, 6.45) is 0. The number of amides is 1. The summed E-state index contributed by atoms with van der Waals surface area (Å²) in [5.41, 5.74) is 6.86. The number of hydrogen-bond acceptors (Lipinski definition) is 3. The predicted molar refractivity (Wildman–Crippen MR) is 92.1 cm³/mol. The van der Waals surface area contributed by atoms with Crippen molar-refractivity contribution in [2.24, 2.45) is 10.1 Å². The lowest BCUT2D eigenvalue weighted by Gasteiger charge is -2.03. The summed E-state index contributed by atoms with van der Waals surface area (Å²) in [5.74, 6) is 0.576. The highest BCUT2D eigenvalue weighted by molar-refractivity contribution is 8.15. The molecule has 0 radical (unpaired) electrons. The van der Waals surface area contributed by atoms with Gasteiger partial charge in [-0.25, -0.2) is 10.4 Å². The molecule has 0 unspecified atom stereocenters. The number of amidine groups is 1. The van der Waals surface area contributed by atoms with E-state index >= 15 is 0 Å². The molecule has 0 spiro atoms. The van der Waals surface area contributed by atoms with Crippen molar-refractivity contribution in [2.45, 2.75) is 6.92 Å². The van der Waals surface area contributed by atoms with Crippen LogP contribution >= 0.6 is 11.8 Å². The SMILES string of the molecule is CC(=O)N/N=C1/N=C(c2ccc(-c3ccccc3)cc2)CS1. The number of thioether (sulfide) groups is 1. The summed E-state index contributed by atoms with van der Waals surface area (Å²) in [7, 11) is 0. The Morgan fingerprint density at radius 1 is 1.05 bits per heavy atom. The van der Waals surface area contributed by atoms with E-state index in [0.717, 1.165) is 17.0 Å². The molecular formula is C17H15N3OS. The first kappa shape index (κ1) is 14.5. The number of nitrogens with zero attached hydrogens (tertiary/aromatic N) is 2. The van der Waals surface area contributed by atoms with Gasteiger partial charge in [0.15, 0.2) is 0 Å². The first-order chi connectivity index (χ1) is 10.7. The molecule has 2 aromatic rings. The molecule has 1 amide bonds. The molecule has 0 aromatic heterocycles. The van der Waals surface area contributed by atoms with Crippen LogP contribution in [0.3, 0.4) is 0 Å². The van der Waals surface area contributed by atoms with Crippen LogP contribution in [-0.2, 0) is 4.79 Å². The van der Waals surface area contributed by atoms with Crippen molar-refractivity contribution in [1.29, 1.82) is 0 Å². The van der Waals surface area contributed by atoms with Gasteiger partial charge >= 0.3 is 0 Å². The van der Waals surface area contributed by atoms with E-state index in [2.05, 4.69) is 51.9 Å². The number of aliphatic imine (C=N–C) groups is 1. The highest BCUT2D eigenvalue weighted by Crippen LogP contribution is 2.23. The summed E-state index contributed by atoms with van der Waals surface area (Å²) < 4.78 is 0. The van der Waals surface area contributed by atoms with Crippen LogP contribution in [0.4, 0.5) is 0 Å². The Balaban J connectivity index is 1.78. The molecule has 2 aromatic carbocycles. The average molecular weight is 309 g/mol. The van der Waals surface area contributed by atoms with Gasteiger partial charge < -0.3 is 0 Å². The molecule has 0 aliphatic carbocycles. The summed E-state index contributed by atoms with van der Waals surface area (Å²) in [4.78, 5) is 15.3. The van der Waals surface area contributed by atoms with Crippen molar-refractivity contribution >= 4 is 28.5 Å². The van der Waals surface area contributed by atoms with Crippen LogP contribution < -0.4 is 5.43 Å². The zero-order valence-electron chi connectivity index (χ0n) is 12.1. The van der Waals surface area contributed by atoms with E-state index < -0.39 is 0 Å². The monoisotopic (exact) mass is 309 g/mol. The van der Waals surface area contributed by atoms with Crippen LogP contribution in [0.15, 0.2) is 64.7 Å². The number of benzene rings is 2. The molecule has 22 heavy (non-hydrogen) atoms. The second-order valence-electron chi connectivity index (χ2n) is 4.85. The fraction of sp³-hybridized carbons (Fsp3) is 0.118. The number of carbonyl (C=O) groups is 1. The summed E-state index contributed by atoms with van der Waals surface area (Å²) in [5, 5.41) is 4.55. The molecule has 0 saturated carbocycles. The second kappa shape index (κ2) is 6.58. The first-order valence-corrected chi connectivity index (χ1v) is 7.91. The number of rotatable bonds is 3. The molecule has 0 atom stereocenters. The van der Waals surface area contributed by atoms with E-state index in [1.165, 1.54) is 29.8 Å². The van der Waals surface area contributed by atoms with Gasteiger partial charge in [0.25, 0.3) is 0 Å². The molecule has 1 aliphatic rings. The molecule has 110 valence electrons. The summed E-state index contributed by atoms with van der Waals surface area (Å²) >= 11 is 1.52. The topological polar surface area (TPSA) is 53.8 Å². The third-order valence-corrected chi connectivity index (χ3v) is 4.06. The van der Waals surface area contributed by atoms with Crippen molar-refractivity contribution in [3.8, 4) is 11.1 Å². The van der Waals surface area contributed by atoms with Gasteiger partial charge in [-0.1, -0.05) is 66.4 Å². The van der Waals surface area contributed by atoms with Crippen molar-refractivity contribution in [2.75, 3.05) is 5.75 Å². The Morgan fingerprint density at radius 2 is 1.68 bits per heavy atom. The maximum atomic E-state index is 10.8. The number of hydrogen-bond donors (Lipinski definition) is 1. The highest BCUT2D eigenvalue weighted by atomic mass is 32.2. The highest BCUT2D eigenvalue weighted by Gasteiger charge is 2.15. The minimum atomic E-state index is -0.191. The van der Waals surface area contributed by atoms with Crippen LogP contribution in [0.1, 0.15) is 12.5 Å². The molecule has 1 heterocycles. The molecule has 3 rings (SSSR count). The maximum Gasteiger partial charge on any atom is 0.237 e. The van der Waals surface area contributed by atoms with Crippen LogP contribution in [-0.4, -0.2) is 22.5 Å². The fourth-order valence-electron chi connectivity index (χ4n) is 2.13. The Hall–Kier alpha value is -2.40. The number of carbonyl (C=O) groups excluding carboxylic acids is 1. The summed E-state index contributed by atoms with van der Waals surface area (Å²) in [6.45, 7) is 1.43. The zero-order chi connectivity index (χ0) is 15.4. The van der Waals surface area contributed by atoms with Crippen LogP contribution in [0.5, 0.6) is 0 Å². The predicted octanol–water partition coefficient (Wildman–Crippen LogP) is 3.30. The van der Waals surface area contributed by atoms with Crippen molar-refractivity contribution in [3.05, 3.63) is 60.2 Å². The van der Waals surface area contributed by atoms with Crippen LogP contribution in [0.25, 0.3) is 11.1 Å². The van der Waals surface area contributed by atoms with Gasteiger partial charge in [-0.15, -0.1) is 5.10 Å². The molecule has 4 nitrogen and oxygen atoms in total. The second-order valence-corrected chi connectivity index (χ2v) is 5.80. The third kappa shape index (κ3) is 3.43. The van der Waals surface area contributed by atoms with Crippen LogP contribution in [0, 0.1) is 0 Å². The van der Waals surface area contributed by atoms with E-state index in [4.69, 9.17) is 0 Å². The molecule has 0 fully saturated rings. The van der Waals surface area contributed by atoms with Crippen molar-refractivity contribution < 1.29 is 4.79 Å². The van der Waals surface area contributed by atoms with E-state index in [9.17, 15) is 4.79 Å². The lowest BCUT2D eigenvalue weighted by molar-refractivity contribution is -0.118. The van der Waals surface area contributed by atoms with Crippen molar-refractivity contribution in [1.82, 2.24) is 5.43 Å². The van der Waals surface area contributed by atoms with Gasteiger partial charge in [0.1, 0.15) is 0 Å². The largest absolute Gasteiger partial charge is 0.274 e. The fourth-order valence-corrected chi connectivity index (χ4v) is 2.91. The van der Waals surface area contributed by atoms with Gasteiger partial charge in [0, 0.05) is 12.7 Å². The first-order valence-electron chi connectivity index (χ1n) is 6.93. The van der Waals surface area contributed by atoms with E-state index in [1.807, 2.05) is 18.2 Å². The van der Waals surface area contributed by atoms with E-state index in [0.29, 0.717) is 5.17 Å². The summed E-state index contributed by atoms with van der Waals surface area (Å²) in [6, 6.07) is 18.6. The van der Waals surface area contributed by atoms with Gasteiger partial charge in [-0.05, 0) is 16.7 Å². The number of nitrogens with one attached hydrogen (secondary N) is 1. The Bertz CT molecular complexity index is 736. The normalized spacial score (nSPS) is 15.7. The number of hydrazone groups is 1. The Morgan fingerprint density at radius 3 is 2.36 bits per heavy atom. The molecule has 0 saturated heterocycles. The average Bonchev–Trinajstić information content (AvgIpc) is 3.03. The maximum absolute atomic E-state index is 10.8. The van der Waals surface area contributed by atoms with Crippen molar-refractivity contribution in [3.63, 3.8) is 0 Å². The minimum absolute atomic E-state index is 0.191. The standard InChI is InChI=1S/C17H15N3OS/c1-12(21)19-20-17-18-16(11-22-17)15-9-7-14(8-10-15)13-5-3-2-4-6-13/h2-10H,11H2,1H3,(H,19,21)/b20-17-. The Kier molecular flexibility index (Phi) is 4.34. The zero-order valence-corrected chi connectivity index (χ0v) is 12.9. The molecule has 1 N–H and O–H groups in total. The van der Waals surface area contributed by atoms with E-state index in [-0.39, 0.29) is 5.91 Å². The third-order valence-electron chi connectivity index (χ3n) is 3.20. The van der Waals surface area contributed by atoms with Gasteiger partial charge in [0.05, 0.1) is 5.71 Å². The lowest BCUT2D eigenvalue weighted by atomic mass is 10.0. The van der Waals surface area contributed by atoms with Crippen LogP contribution in [0.2, 0.25) is 0 Å². The lowest BCUT2D eigenvalue weighted by Crippen LogP contribution is -2.13. The molecule has 5 heteroatoms. The Labute approximate surface area is 133 Å². The van der Waals surface area contributed by atoms with Gasteiger partial charge in [-0.2, -0.15) is 0 Å². The smallest absolute Gasteiger partial charge is 0.237 e. The van der Waals surface area contributed by atoms with E-state index in [1.54, 1.807) is 0 Å². The van der Waals surface area contributed by atoms with Gasteiger partial charge in [-0.3, -0.25) is 4.79 Å². The minimum Gasteiger partial charge on any atom is -0.274 e. The molecule has 1 aliphatic heterocycles. The molecule has 0 bridgehead atoms. The quantitative estimate of drug-likeness (QED) is 0.885. The van der Waals surface area contributed by atoms with Gasteiger partial charge in [0.2, 0.25) is 11.1 Å². The molecular weight excluding hydrogens is 294 g/mol.